The third-order valence-electron chi connectivity index (χ3n) is 8.37. The maximum absolute atomic E-state index is 14.3. The summed E-state index contributed by atoms with van der Waals surface area (Å²) >= 11 is 0. The van der Waals surface area contributed by atoms with E-state index in [4.69, 9.17) is 4.74 Å². The smallest absolute Gasteiger partial charge is 0.416 e. The molecule has 8 nitrogen and oxygen atoms in total. The van der Waals surface area contributed by atoms with Crippen LogP contribution in [0, 0.1) is 0 Å². The van der Waals surface area contributed by atoms with Gasteiger partial charge in [0.15, 0.2) is 0 Å². The number of alkyl halides is 9. The molecule has 0 radical (unpaired) electrons. The van der Waals surface area contributed by atoms with Gasteiger partial charge in [0.2, 0.25) is 0 Å². The SMILES string of the molecule is CCc1cc2c(cc1C(F)(F)F)N(C(=O)OC1CCCC1)CCC[C@@H]2N(Cc1cc(C(F)(F)F)cc(C(F)(F)F)c1)c1nnn(C)n1. The Labute approximate surface area is 263 Å². The van der Waals surface area contributed by atoms with E-state index in [-0.39, 0.29) is 54.6 Å². The number of amides is 1. The molecule has 256 valence electrons. The van der Waals surface area contributed by atoms with Crippen molar-refractivity contribution in [1.82, 2.24) is 20.2 Å². The predicted molar refractivity (Wildman–Crippen MR) is 150 cm³/mol. The molecule has 1 saturated carbocycles. The fraction of sp³-hybridized carbons (Fsp3) is 0.533. The average Bonchev–Trinajstić information content (AvgIpc) is 3.61. The number of benzene rings is 2. The largest absolute Gasteiger partial charge is 0.446 e. The van der Waals surface area contributed by atoms with Gasteiger partial charge in [-0.25, -0.2) is 4.79 Å². The molecule has 2 aliphatic rings. The second-order valence-electron chi connectivity index (χ2n) is 11.6. The molecule has 0 bridgehead atoms. The molecule has 47 heavy (non-hydrogen) atoms. The molecule has 1 aromatic heterocycles. The van der Waals surface area contributed by atoms with Crippen LogP contribution in [-0.4, -0.2) is 38.9 Å². The van der Waals surface area contributed by atoms with Crippen molar-refractivity contribution in [3.63, 3.8) is 0 Å². The summed E-state index contributed by atoms with van der Waals surface area (Å²) in [6, 6.07) is 2.31. The molecule has 1 atom stereocenters. The zero-order valence-electron chi connectivity index (χ0n) is 25.3. The molecular formula is C30H31F9N6O2. The Bertz CT molecular complexity index is 1560. The van der Waals surface area contributed by atoms with E-state index in [2.05, 4.69) is 15.4 Å². The lowest BCUT2D eigenvalue weighted by Gasteiger charge is -2.33. The summed E-state index contributed by atoms with van der Waals surface area (Å²) in [6.07, 6.45) is -13.1. The standard InChI is InChI=1S/C30H31F9N6O2/c1-3-18-13-22-24(9-6-10-44(25(22)15-23(18)30(37,38)39)27(46)47-21-7-4-5-8-21)45(26-40-42-43(2)41-26)16-17-11-19(28(31,32)33)14-20(12-17)29(34,35)36/h11-15,21,24H,3-10,16H2,1-2H3/t24-/m0/s1. The lowest BCUT2D eigenvalue weighted by atomic mass is 9.93. The topological polar surface area (TPSA) is 76.4 Å². The third kappa shape index (κ3) is 7.59. The number of hydrogen-bond acceptors (Lipinski definition) is 6. The molecule has 1 amide bonds. The molecule has 0 unspecified atom stereocenters. The van der Waals surface area contributed by atoms with Crippen LogP contribution in [0.15, 0.2) is 30.3 Å². The lowest BCUT2D eigenvalue weighted by molar-refractivity contribution is -0.143. The summed E-state index contributed by atoms with van der Waals surface area (Å²) in [4.78, 5) is 16.9. The molecule has 17 heteroatoms. The molecule has 2 heterocycles. The number of tetrazole rings is 1. The Morgan fingerprint density at radius 2 is 1.53 bits per heavy atom. The number of aromatic nitrogens is 4. The monoisotopic (exact) mass is 678 g/mol. The zero-order chi connectivity index (χ0) is 34.3. The Morgan fingerprint density at radius 1 is 0.894 bits per heavy atom. The van der Waals surface area contributed by atoms with Gasteiger partial charge in [-0.15, -0.1) is 5.10 Å². The molecule has 2 aromatic carbocycles. The fourth-order valence-electron chi connectivity index (χ4n) is 6.17. The molecule has 3 aromatic rings. The first-order valence-corrected chi connectivity index (χ1v) is 15.0. The summed E-state index contributed by atoms with van der Waals surface area (Å²) in [7, 11) is 1.40. The van der Waals surface area contributed by atoms with Crippen LogP contribution in [0.1, 0.15) is 84.9 Å². The maximum Gasteiger partial charge on any atom is 0.416 e. The summed E-state index contributed by atoms with van der Waals surface area (Å²) in [5, 5.41) is 11.9. The van der Waals surface area contributed by atoms with Crippen molar-refractivity contribution in [2.24, 2.45) is 7.05 Å². The maximum atomic E-state index is 14.3. The first-order chi connectivity index (χ1) is 22.0. The average molecular weight is 679 g/mol. The normalized spacial score (nSPS) is 17.9. The molecular weight excluding hydrogens is 647 g/mol. The number of rotatable bonds is 6. The fourth-order valence-corrected chi connectivity index (χ4v) is 6.17. The minimum Gasteiger partial charge on any atom is -0.446 e. The van der Waals surface area contributed by atoms with Gasteiger partial charge in [-0.05, 0) is 91.1 Å². The zero-order valence-corrected chi connectivity index (χ0v) is 25.3. The first-order valence-electron chi connectivity index (χ1n) is 15.0. The number of nitrogens with zero attached hydrogens (tertiary/aromatic N) is 6. The quantitative estimate of drug-likeness (QED) is 0.245. The van der Waals surface area contributed by atoms with E-state index in [0.29, 0.717) is 25.0 Å². The second-order valence-corrected chi connectivity index (χ2v) is 11.6. The van der Waals surface area contributed by atoms with Crippen molar-refractivity contribution in [2.75, 3.05) is 16.3 Å². The van der Waals surface area contributed by atoms with Crippen molar-refractivity contribution >= 4 is 17.7 Å². The van der Waals surface area contributed by atoms with Crippen LogP contribution in [-0.2, 0) is 43.3 Å². The van der Waals surface area contributed by atoms with Gasteiger partial charge in [-0.1, -0.05) is 18.1 Å². The molecule has 1 aliphatic heterocycles. The molecule has 0 spiro atoms. The number of halogens is 9. The van der Waals surface area contributed by atoms with Gasteiger partial charge in [0.1, 0.15) is 6.10 Å². The molecule has 0 saturated heterocycles. The van der Waals surface area contributed by atoms with Crippen LogP contribution in [0.2, 0.25) is 0 Å². The second kappa shape index (κ2) is 12.9. The van der Waals surface area contributed by atoms with Crippen molar-refractivity contribution in [2.45, 2.75) is 89.1 Å². The first kappa shape index (κ1) is 34.3. The van der Waals surface area contributed by atoms with Gasteiger partial charge < -0.3 is 9.64 Å². The van der Waals surface area contributed by atoms with E-state index in [1.807, 2.05) is 0 Å². The minimum atomic E-state index is -5.11. The van der Waals surface area contributed by atoms with Crippen LogP contribution in [0.5, 0.6) is 0 Å². The van der Waals surface area contributed by atoms with Crippen LogP contribution >= 0.6 is 0 Å². The molecule has 5 rings (SSSR count). The summed E-state index contributed by atoms with van der Waals surface area (Å²) < 4.78 is 131. The summed E-state index contributed by atoms with van der Waals surface area (Å²) in [5.74, 6) is -0.186. The number of carbonyl (C=O) groups excluding carboxylic acids is 1. The van der Waals surface area contributed by atoms with E-state index < -0.39 is 65.6 Å². The van der Waals surface area contributed by atoms with E-state index in [1.165, 1.54) is 24.9 Å². The Balaban J connectivity index is 1.67. The minimum absolute atomic E-state index is 0.00932. The van der Waals surface area contributed by atoms with Crippen LogP contribution in [0.3, 0.4) is 0 Å². The number of carbonyl (C=O) groups is 1. The van der Waals surface area contributed by atoms with Gasteiger partial charge in [-0.2, -0.15) is 44.3 Å². The summed E-state index contributed by atoms with van der Waals surface area (Å²) in [6.45, 7) is 0.858. The highest BCUT2D eigenvalue weighted by Crippen LogP contribution is 2.45. The molecule has 1 fully saturated rings. The van der Waals surface area contributed by atoms with Crippen molar-refractivity contribution in [3.8, 4) is 0 Å². The van der Waals surface area contributed by atoms with Gasteiger partial charge >= 0.3 is 24.6 Å². The molecule has 0 N–H and O–H groups in total. The highest BCUT2D eigenvalue weighted by atomic mass is 19.4. The number of ether oxygens (including phenoxy) is 1. The lowest BCUT2D eigenvalue weighted by Crippen LogP contribution is -2.35. The van der Waals surface area contributed by atoms with E-state index in [1.54, 1.807) is 0 Å². The number of hydrogen-bond donors (Lipinski definition) is 0. The van der Waals surface area contributed by atoms with Gasteiger partial charge in [-0.3, -0.25) is 4.90 Å². The van der Waals surface area contributed by atoms with E-state index >= 15 is 0 Å². The highest BCUT2D eigenvalue weighted by molar-refractivity contribution is 5.89. The molecule has 1 aliphatic carbocycles. The van der Waals surface area contributed by atoms with Gasteiger partial charge in [0.05, 0.1) is 35.5 Å². The Hall–Kier alpha value is -4.05. The van der Waals surface area contributed by atoms with Crippen LogP contribution < -0.4 is 9.80 Å². The third-order valence-corrected chi connectivity index (χ3v) is 8.37. The number of aryl methyl sites for hydroxylation is 2. The number of fused-ring (bicyclic) bond motifs is 1. The Morgan fingerprint density at radius 3 is 2.06 bits per heavy atom. The summed E-state index contributed by atoms with van der Waals surface area (Å²) in [5.41, 5.74) is -4.49. The Kier molecular flexibility index (Phi) is 9.38. The van der Waals surface area contributed by atoms with Crippen LogP contribution in [0.4, 0.5) is 55.9 Å². The van der Waals surface area contributed by atoms with E-state index in [9.17, 15) is 44.3 Å². The van der Waals surface area contributed by atoms with Crippen molar-refractivity contribution in [3.05, 3.63) is 63.7 Å². The highest BCUT2D eigenvalue weighted by Gasteiger charge is 2.41. The van der Waals surface area contributed by atoms with Crippen molar-refractivity contribution < 1.29 is 49.0 Å². The van der Waals surface area contributed by atoms with Crippen molar-refractivity contribution in [1.29, 1.82) is 0 Å². The van der Waals surface area contributed by atoms with Gasteiger partial charge in [0.25, 0.3) is 5.95 Å². The van der Waals surface area contributed by atoms with E-state index in [0.717, 1.165) is 28.6 Å². The van der Waals surface area contributed by atoms with Crippen LogP contribution in [0.25, 0.3) is 0 Å². The van der Waals surface area contributed by atoms with Gasteiger partial charge in [0, 0.05) is 13.1 Å². The number of anilines is 2. The predicted octanol–water partition coefficient (Wildman–Crippen LogP) is 8.26.